The zero-order valence-electron chi connectivity index (χ0n) is 14.9. The molecule has 1 saturated heterocycles. The van der Waals surface area contributed by atoms with E-state index in [1.54, 1.807) is 0 Å². The highest BCUT2D eigenvalue weighted by molar-refractivity contribution is 5.76. The third-order valence-corrected chi connectivity index (χ3v) is 4.43. The van der Waals surface area contributed by atoms with E-state index in [9.17, 15) is 9.90 Å². The van der Waals surface area contributed by atoms with Gasteiger partial charge in [-0.05, 0) is 24.5 Å². The van der Waals surface area contributed by atoms with Crippen molar-refractivity contribution in [2.45, 2.75) is 32.8 Å². The fourth-order valence-corrected chi connectivity index (χ4v) is 3.08. The minimum atomic E-state index is -0.441. The molecule has 1 aliphatic rings. The predicted octanol–water partition coefficient (Wildman–Crippen LogP) is 1.72. The van der Waals surface area contributed by atoms with Gasteiger partial charge in [0, 0.05) is 51.4 Å². The van der Waals surface area contributed by atoms with Crippen LogP contribution in [0.5, 0.6) is 0 Å². The van der Waals surface area contributed by atoms with E-state index < -0.39 is 6.10 Å². The average Bonchev–Trinajstić information content (AvgIpc) is 2.59. The number of nitrogens with one attached hydrogen (secondary N) is 1. The molecule has 5 nitrogen and oxygen atoms in total. The Morgan fingerprint density at radius 1 is 1.17 bits per heavy atom. The summed E-state index contributed by atoms with van der Waals surface area (Å²) in [6, 6.07) is 10.5. The standard InChI is InChI=1S/C19H31N3O2/c1-16(2)14-18(23)15-20-19(24)8-9-21-10-12-22(13-11-21)17-6-4-3-5-7-17/h3-7,16,18,23H,8-15H2,1-2H3,(H,20,24). The molecule has 1 atom stereocenters. The van der Waals surface area contributed by atoms with Crippen LogP contribution in [0.2, 0.25) is 0 Å². The lowest BCUT2D eigenvalue weighted by molar-refractivity contribution is -0.121. The molecule has 0 spiro atoms. The van der Waals surface area contributed by atoms with E-state index in [4.69, 9.17) is 0 Å². The Bertz CT molecular complexity index is 485. The van der Waals surface area contributed by atoms with E-state index in [-0.39, 0.29) is 5.91 Å². The van der Waals surface area contributed by atoms with Gasteiger partial charge in [0.15, 0.2) is 0 Å². The van der Waals surface area contributed by atoms with Crippen molar-refractivity contribution < 1.29 is 9.90 Å². The van der Waals surface area contributed by atoms with Gasteiger partial charge in [-0.2, -0.15) is 0 Å². The van der Waals surface area contributed by atoms with Gasteiger partial charge < -0.3 is 15.3 Å². The Morgan fingerprint density at radius 3 is 2.46 bits per heavy atom. The van der Waals surface area contributed by atoms with Gasteiger partial charge in [0.25, 0.3) is 0 Å². The van der Waals surface area contributed by atoms with Crippen LogP contribution >= 0.6 is 0 Å². The SMILES string of the molecule is CC(C)CC(O)CNC(=O)CCN1CCN(c2ccccc2)CC1. The number of hydrogen-bond acceptors (Lipinski definition) is 4. The molecule has 0 bridgehead atoms. The van der Waals surface area contributed by atoms with E-state index >= 15 is 0 Å². The number of amides is 1. The monoisotopic (exact) mass is 333 g/mol. The number of hydrogen-bond donors (Lipinski definition) is 2. The van der Waals surface area contributed by atoms with E-state index in [0.29, 0.717) is 18.9 Å². The molecule has 5 heteroatoms. The van der Waals surface area contributed by atoms with Crippen molar-refractivity contribution >= 4 is 11.6 Å². The quantitative estimate of drug-likeness (QED) is 0.761. The molecule has 0 radical (unpaired) electrons. The van der Waals surface area contributed by atoms with E-state index in [2.05, 4.69) is 53.2 Å². The molecule has 1 fully saturated rings. The zero-order chi connectivity index (χ0) is 17.4. The van der Waals surface area contributed by atoms with Crippen LogP contribution < -0.4 is 10.2 Å². The molecule has 1 aromatic carbocycles. The summed E-state index contributed by atoms with van der Waals surface area (Å²) in [6.07, 6.45) is 0.782. The summed E-state index contributed by atoms with van der Waals surface area (Å²) < 4.78 is 0. The molecule has 2 N–H and O–H groups in total. The zero-order valence-corrected chi connectivity index (χ0v) is 14.9. The van der Waals surface area contributed by atoms with Crippen molar-refractivity contribution in [3.8, 4) is 0 Å². The van der Waals surface area contributed by atoms with Crippen LogP contribution in [0.4, 0.5) is 5.69 Å². The topological polar surface area (TPSA) is 55.8 Å². The van der Waals surface area contributed by atoms with Crippen molar-refractivity contribution in [2.75, 3.05) is 44.2 Å². The van der Waals surface area contributed by atoms with Crippen LogP contribution in [0.25, 0.3) is 0 Å². The smallest absolute Gasteiger partial charge is 0.221 e. The number of para-hydroxylation sites is 1. The molecule has 134 valence electrons. The number of piperazine rings is 1. The van der Waals surface area contributed by atoms with Crippen LogP contribution in [-0.4, -0.2) is 61.3 Å². The summed E-state index contributed by atoms with van der Waals surface area (Å²) in [5.41, 5.74) is 1.27. The van der Waals surface area contributed by atoms with Gasteiger partial charge >= 0.3 is 0 Å². The Kier molecular flexibility index (Phi) is 7.53. The molecule has 1 aliphatic heterocycles. The molecule has 0 saturated carbocycles. The average molecular weight is 333 g/mol. The maximum Gasteiger partial charge on any atom is 0.221 e. The molecule has 1 unspecified atom stereocenters. The minimum Gasteiger partial charge on any atom is -0.391 e. The Labute approximate surface area is 145 Å². The van der Waals surface area contributed by atoms with Crippen molar-refractivity contribution in [1.82, 2.24) is 10.2 Å². The molecule has 0 aliphatic carbocycles. The molecular weight excluding hydrogens is 302 g/mol. The van der Waals surface area contributed by atoms with Gasteiger partial charge in [0.2, 0.25) is 5.91 Å². The first-order valence-corrected chi connectivity index (χ1v) is 9.01. The Hall–Kier alpha value is -1.59. The third-order valence-electron chi connectivity index (χ3n) is 4.43. The van der Waals surface area contributed by atoms with Gasteiger partial charge in [0.1, 0.15) is 0 Å². The third kappa shape index (κ3) is 6.49. The second-order valence-electron chi connectivity index (χ2n) is 7.00. The van der Waals surface area contributed by atoms with Crippen LogP contribution in [0, 0.1) is 5.92 Å². The number of aliphatic hydroxyl groups is 1. The van der Waals surface area contributed by atoms with Crippen molar-refractivity contribution in [3.05, 3.63) is 30.3 Å². The number of carbonyl (C=O) groups excluding carboxylic acids is 1. The van der Waals surface area contributed by atoms with Crippen molar-refractivity contribution in [1.29, 1.82) is 0 Å². The summed E-state index contributed by atoms with van der Waals surface area (Å²) in [7, 11) is 0. The number of anilines is 1. The second kappa shape index (κ2) is 9.64. The van der Waals surface area contributed by atoms with Gasteiger partial charge in [-0.1, -0.05) is 32.0 Å². The molecule has 1 aromatic rings. The fourth-order valence-electron chi connectivity index (χ4n) is 3.08. The summed E-state index contributed by atoms with van der Waals surface area (Å²) in [6.45, 7) is 9.25. The molecule has 1 amide bonds. The van der Waals surface area contributed by atoms with Gasteiger partial charge in [0.05, 0.1) is 6.10 Å². The number of aliphatic hydroxyl groups excluding tert-OH is 1. The number of rotatable bonds is 8. The van der Waals surface area contributed by atoms with Gasteiger partial charge in [-0.3, -0.25) is 9.69 Å². The number of benzene rings is 1. The first-order valence-electron chi connectivity index (χ1n) is 9.01. The van der Waals surface area contributed by atoms with Crippen molar-refractivity contribution in [3.63, 3.8) is 0 Å². The highest BCUT2D eigenvalue weighted by Gasteiger charge is 2.17. The summed E-state index contributed by atoms with van der Waals surface area (Å²) in [4.78, 5) is 16.6. The number of carbonyl (C=O) groups is 1. The first kappa shape index (κ1) is 18.7. The van der Waals surface area contributed by atoms with E-state index in [1.165, 1.54) is 5.69 Å². The predicted molar refractivity (Wildman–Crippen MR) is 98.2 cm³/mol. The van der Waals surface area contributed by atoms with Crippen LogP contribution in [0.3, 0.4) is 0 Å². The van der Waals surface area contributed by atoms with Crippen LogP contribution in [-0.2, 0) is 4.79 Å². The van der Waals surface area contributed by atoms with Gasteiger partial charge in [-0.25, -0.2) is 0 Å². The molecular formula is C19H31N3O2. The van der Waals surface area contributed by atoms with Crippen LogP contribution in [0.1, 0.15) is 26.7 Å². The maximum absolute atomic E-state index is 11.9. The minimum absolute atomic E-state index is 0.0308. The molecule has 24 heavy (non-hydrogen) atoms. The lowest BCUT2D eigenvalue weighted by Gasteiger charge is -2.36. The lowest BCUT2D eigenvalue weighted by atomic mass is 10.1. The highest BCUT2D eigenvalue weighted by Crippen LogP contribution is 2.15. The molecule has 2 rings (SSSR count). The summed E-state index contributed by atoms with van der Waals surface area (Å²) >= 11 is 0. The first-order chi connectivity index (χ1) is 11.5. The fraction of sp³-hybridized carbons (Fsp3) is 0.632. The molecule has 0 aromatic heterocycles. The Morgan fingerprint density at radius 2 is 1.83 bits per heavy atom. The van der Waals surface area contributed by atoms with E-state index in [1.807, 2.05) is 6.07 Å². The second-order valence-corrected chi connectivity index (χ2v) is 7.00. The summed E-state index contributed by atoms with van der Waals surface area (Å²) in [5.74, 6) is 0.473. The van der Waals surface area contributed by atoms with Gasteiger partial charge in [-0.15, -0.1) is 0 Å². The Balaban J connectivity index is 1.61. The lowest BCUT2D eigenvalue weighted by Crippen LogP contribution is -2.47. The number of nitrogens with zero attached hydrogens (tertiary/aromatic N) is 2. The van der Waals surface area contributed by atoms with Crippen molar-refractivity contribution in [2.24, 2.45) is 5.92 Å². The maximum atomic E-state index is 11.9. The molecule has 1 heterocycles. The summed E-state index contributed by atoms with van der Waals surface area (Å²) in [5, 5.41) is 12.6. The van der Waals surface area contributed by atoms with Crippen LogP contribution in [0.15, 0.2) is 30.3 Å². The largest absolute Gasteiger partial charge is 0.391 e. The normalized spacial score (nSPS) is 17.1. The highest BCUT2D eigenvalue weighted by atomic mass is 16.3. The van der Waals surface area contributed by atoms with E-state index in [0.717, 1.165) is 39.1 Å².